The molecule has 33 heavy (non-hydrogen) atoms. The molecule has 0 radical (unpaired) electrons. The number of anilines is 1. The number of aromatic amines is 1. The fourth-order valence-electron chi connectivity index (χ4n) is 3.48. The highest BCUT2D eigenvalue weighted by Crippen LogP contribution is 2.19. The van der Waals surface area contributed by atoms with Crippen LogP contribution < -0.4 is 5.32 Å². The van der Waals surface area contributed by atoms with Gasteiger partial charge in [0.05, 0.1) is 11.4 Å². The highest BCUT2D eigenvalue weighted by Gasteiger charge is 2.13. The number of halogens is 1. The third-order valence-corrected chi connectivity index (χ3v) is 5.31. The molecular formula is C24H26FN7O. The lowest BCUT2D eigenvalue weighted by atomic mass is 10.1. The summed E-state index contributed by atoms with van der Waals surface area (Å²) in [6.07, 6.45) is 8.83. The molecule has 0 atom stereocenters. The highest BCUT2D eigenvalue weighted by atomic mass is 19.1. The molecule has 0 bridgehead atoms. The van der Waals surface area contributed by atoms with Crippen molar-refractivity contribution in [1.82, 2.24) is 29.9 Å². The molecule has 1 aromatic carbocycles. The molecular weight excluding hydrogens is 421 g/mol. The number of benzene rings is 1. The van der Waals surface area contributed by atoms with E-state index in [1.807, 2.05) is 6.07 Å². The zero-order valence-electron chi connectivity index (χ0n) is 18.4. The van der Waals surface area contributed by atoms with E-state index in [0.717, 1.165) is 42.6 Å². The first-order chi connectivity index (χ1) is 16.1. The quantitative estimate of drug-likeness (QED) is 0.365. The van der Waals surface area contributed by atoms with Crippen LogP contribution in [-0.2, 0) is 6.42 Å². The lowest BCUT2D eigenvalue weighted by Crippen LogP contribution is -2.32. The van der Waals surface area contributed by atoms with E-state index in [1.54, 1.807) is 65.6 Å². The topological polar surface area (TPSA) is 91.7 Å². The van der Waals surface area contributed by atoms with Crippen molar-refractivity contribution in [3.63, 3.8) is 0 Å². The Kier molecular flexibility index (Phi) is 7.09. The van der Waals surface area contributed by atoms with Crippen LogP contribution in [0.25, 0.3) is 17.1 Å². The van der Waals surface area contributed by atoms with Crippen molar-refractivity contribution in [2.24, 2.45) is 0 Å². The van der Waals surface area contributed by atoms with Gasteiger partial charge >= 0.3 is 6.03 Å². The number of nitrogens with one attached hydrogen (secondary N) is 2. The molecule has 0 unspecified atom stereocenters. The number of unbranched alkanes of at least 4 members (excludes halogenated alkanes) is 2. The van der Waals surface area contributed by atoms with Crippen molar-refractivity contribution in [3.8, 4) is 17.1 Å². The second-order valence-electron chi connectivity index (χ2n) is 7.77. The molecule has 3 aromatic heterocycles. The van der Waals surface area contributed by atoms with Gasteiger partial charge in [0.2, 0.25) is 0 Å². The first kappa shape index (κ1) is 22.2. The van der Waals surface area contributed by atoms with E-state index in [1.165, 1.54) is 12.1 Å². The summed E-state index contributed by atoms with van der Waals surface area (Å²) in [5.74, 6) is 0.316. The number of amides is 2. The fourth-order valence-corrected chi connectivity index (χ4v) is 3.48. The largest absolute Gasteiger partial charge is 0.328 e. The van der Waals surface area contributed by atoms with Crippen LogP contribution in [0.3, 0.4) is 0 Å². The van der Waals surface area contributed by atoms with Crippen molar-refractivity contribution in [1.29, 1.82) is 0 Å². The minimum Gasteiger partial charge on any atom is -0.328 e. The van der Waals surface area contributed by atoms with E-state index >= 15 is 0 Å². The van der Waals surface area contributed by atoms with Gasteiger partial charge in [-0.15, -0.1) is 0 Å². The Morgan fingerprint density at radius 3 is 2.76 bits per heavy atom. The lowest BCUT2D eigenvalue weighted by molar-refractivity contribution is 0.221. The van der Waals surface area contributed by atoms with E-state index < -0.39 is 0 Å². The highest BCUT2D eigenvalue weighted by molar-refractivity contribution is 5.90. The summed E-state index contributed by atoms with van der Waals surface area (Å²) in [4.78, 5) is 18.6. The van der Waals surface area contributed by atoms with Crippen LogP contribution in [0.5, 0.6) is 0 Å². The Labute approximate surface area is 191 Å². The number of carbonyl (C=O) groups is 1. The van der Waals surface area contributed by atoms with Gasteiger partial charge < -0.3 is 10.2 Å². The van der Waals surface area contributed by atoms with Crippen molar-refractivity contribution in [2.45, 2.75) is 25.7 Å². The molecule has 0 aliphatic rings. The molecule has 3 heterocycles. The number of hydrogen-bond acceptors (Lipinski definition) is 4. The fraction of sp³-hybridized carbons (Fsp3) is 0.250. The summed E-state index contributed by atoms with van der Waals surface area (Å²) in [7, 11) is 1.78. The Morgan fingerprint density at radius 2 is 1.97 bits per heavy atom. The number of aryl methyl sites for hydroxylation is 1. The molecule has 4 rings (SSSR count). The first-order valence-corrected chi connectivity index (χ1v) is 10.9. The zero-order valence-corrected chi connectivity index (χ0v) is 18.4. The maximum absolute atomic E-state index is 13.1. The van der Waals surface area contributed by atoms with Crippen LogP contribution >= 0.6 is 0 Å². The van der Waals surface area contributed by atoms with Gasteiger partial charge in [-0.1, -0.05) is 6.42 Å². The van der Waals surface area contributed by atoms with E-state index in [2.05, 4.69) is 25.6 Å². The maximum atomic E-state index is 13.1. The first-order valence-electron chi connectivity index (χ1n) is 10.9. The summed E-state index contributed by atoms with van der Waals surface area (Å²) in [5, 5.41) is 14.5. The Bertz CT molecular complexity index is 1170. The number of H-pyrrole nitrogens is 1. The Balaban J connectivity index is 1.20. The van der Waals surface area contributed by atoms with Crippen molar-refractivity contribution in [2.75, 3.05) is 18.9 Å². The van der Waals surface area contributed by atoms with Crippen molar-refractivity contribution in [3.05, 3.63) is 78.6 Å². The molecule has 2 N–H and O–H groups in total. The number of pyridine rings is 1. The molecule has 0 aliphatic heterocycles. The predicted octanol–water partition coefficient (Wildman–Crippen LogP) is 4.67. The summed E-state index contributed by atoms with van der Waals surface area (Å²) in [5.41, 5.74) is 3.35. The summed E-state index contributed by atoms with van der Waals surface area (Å²) in [6.45, 7) is 0.646. The SMILES string of the molecule is CN(CCCCCc1cc(-c2ccc(F)cc2)n[nH]1)C(=O)Nc1cccnc1-n1cccn1. The number of hydrogen-bond donors (Lipinski definition) is 2. The zero-order chi connectivity index (χ0) is 23.0. The minimum atomic E-state index is -0.257. The van der Waals surface area contributed by atoms with E-state index in [-0.39, 0.29) is 11.8 Å². The molecule has 0 spiro atoms. The number of urea groups is 1. The summed E-state index contributed by atoms with van der Waals surface area (Å²) < 4.78 is 14.7. The average molecular weight is 448 g/mol. The van der Waals surface area contributed by atoms with Gasteiger partial charge in [0.25, 0.3) is 0 Å². The van der Waals surface area contributed by atoms with Gasteiger partial charge in [0.15, 0.2) is 5.82 Å². The number of nitrogens with zero attached hydrogens (tertiary/aromatic N) is 5. The minimum absolute atomic E-state index is 0.186. The van der Waals surface area contributed by atoms with Gasteiger partial charge in [-0.2, -0.15) is 10.2 Å². The average Bonchev–Trinajstić information content (AvgIpc) is 3.52. The van der Waals surface area contributed by atoms with Gasteiger partial charge in [-0.25, -0.2) is 18.9 Å². The molecule has 0 aliphatic carbocycles. The third kappa shape index (κ3) is 5.82. The third-order valence-electron chi connectivity index (χ3n) is 5.31. The van der Waals surface area contributed by atoms with Crippen LogP contribution in [0.1, 0.15) is 25.0 Å². The summed E-state index contributed by atoms with van der Waals surface area (Å²) >= 11 is 0. The molecule has 4 aromatic rings. The van der Waals surface area contributed by atoms with Crippen LogP contribution in [0.15, 0.2) is 67.1 Å². The number of rotatable bonds is 9. The monoisotopic (exact) mass is 447 g/mol. The molecule has 0 fully saturated rings. The normalized spacial score (nSPS) is 10.8. The van der Waals surface area contributed by atoms with E-state index in [0.29, 0.717) is 18.1 Å². The predicted molar refractivity (Wildman–Crippen MR) is 125 cm³/mol. The standard InChI is InChI=1S/C24H26FN7O/c1-31(24(33)28-21-8-5-13-26-23(21)32-16-6-14-27-32)15-4-2-3-7-20-17-22(30-29-20)18-9-11-19(25)12-10-18/h5-6,8-14,16-17H,2-4,7,15H2,1H3,(H,28,33)(H,29,30). The molecule has 170 valence electrons. The van der Waals surface area contributed by atoms with Crippen molar-refractivity contribution < 1.29 is 9.18 Å². The maximum Gasteiger partial charge on any atom is 0.321 e. The van der Waals surface area contributed by atoms with Crippen LogP contribution in [0, 0.1) is 5.82 Å². The van der Waals surface area contributed by atoms with Crippen LogP contribution in [-0.4, -0.2) is 49.5 Å². The van der Waals surface area contributed by atoms with Gasteiger partial charge in [-0.3, -0.25) is 5.10 Å². The Morgan fingerprint density at radius 1 is 1.12 bits per heavy atom. The molecule has 2 amide bonds. The Hall–Kier alpha value is -4.01. The molecule has 0 saturated carbocycles. The second kappa shape index (κ2) is 10.5. The van der Waals surface area contributed by atoms with E-state index in [4.69, 9.17) is 0 Å². The summed E-state index contributed by atoms with van der Waals surface area (Å²) in [6, 6.07) is 13.5. The van der Waals surface area contributed by atoms with Crippen molar-refractivity contribution >= 4 is 11.7 Å². The van der Waals surface area contributed by atoms with Crippen LogP contribution in [0.2, 0.25) is 0 Å². The van der Waals surface area contributed by atoms with Gasteiger partial charge in [0.1, 0.15) is 5.82 Å². The van der Waals surface area contributed by atoms with E-state index in [9.17, 15) is 9.18 Å². The molecule has 0 saturated heterocycles. The van der Waals surface area contributed by atoms with Crippen LogP contribution in [0.4, 0.5) is 14.9 Å². The van der Waals surface area contributed by atoms with Gasteiger partial charge in [-0.05, 0) is 67.8 Å². The lowest BCUT2D eigenvalue weighted by Gasteiger charge is -2.18. The van der Waals surface area contributed by atoms with Gasteiger partial charge in [0, 0.05) is 43.4 Å². The molecule has 9 heteroatoms. The number of carbonyl (C=O) groups excluding carboxylic acids is 1. The second-order valence-corrected chi connectivity index (χ2v) is 7.77. The smallest absolute Gasteiger partial charge is 0.321 e. The number of aromatic nitrogens is 5. The molecule has 8 nitrogen and oxygen atoms in total.